The largest absolute Gasteiger partial charge is 0.453 e. The highest BCUT2D eigenvalue weighted by atomic mass is 16.5. The van der Waals surface area contributed by atoms with Crippen molar-refractivity contribution in [2.24, 2.45) is 0 Å². The Hall–Kier alpha value is -4.82. The minimum atomic E-state index is -0.190. The molecule has 8 nitrogen and oxygen atoms in total. The molecule has 0 heterocycles. The Kier molecular flexibility index (Phi) is 6.69. The third kappa shape index (κ3) is 5.62. The van der Waals surface area contributed by atoms with Crippen molar-refractivity contribution in [1.29, 1.82) is 10.5 Å². The first-order chi connectivity index (χ1) is 15.4. The van der Waals surface area contributed by atoms with Crippen molar-refractivity contribution >= 4 is 23.2 Å². The molecule has 3 aromatic carbocycles. The first-order valence-electron chi connectivity index (χ1n) is 9.47. The van der Waals surface area contributed by atoms with Crippen LogP contribution < -0.4 is 20.1 Å². The first-order valence-corrected chi connectivity index (χ1v) is 9.47. The average molecular weight is 426 g/mol. The second kappa shape index (κ2) is 9.79. The lowest BCUT2D eigenvalue weighted by Gasteiger charge is -2.14. The van der Waals surface area contributed by atoms with Gasteiger partial charge in [0.2, 0.25) is 11.8 Å². The van der Waals surface area contributed by atoms with E-state index in [-0.39, 0.29) is 34.4 Å². The fraction of sp³-hybridized carbons (Fsp3) is 0.0833. The lowest BCUT2D eigenvalue weighted by Crippen LogP contribution is -2.05. The van der Waals surface area contributed by atoms with Crippen molar-refractivity contribution in [2.45, 2.75) is 13.8 Å². The molecule has 0 unspecified atom stereocenters. The summed E-state index contributed by atoms with van der Waals surface area (Å²) in [4.78, 5) is 22.4. The number of nitriles is 2. The second-order valence-corrected chi connectivity index (χ2v) is 6.68. The van der Waals surface area contributed by atoms with E-state index in [1.807, 2.05) is 12.1 Å². The van der Waals surface area contributed by atoms with Crippen LogP contribution in [0.1, 0.15) is 25.0 Å². The molecule has 0 aliphatic heterocycles. The van der Waals surface area contributed by atoms with E-state index >= 15 is 0 Å². The number of anilines is 2. The number of hydrogen-bond acceptors (Lipinski definition) is 6. The number of nitrogens with one attached hydrogen (secondary N) is 2. The molecule has 32 heavy (non-hydrogen) atoms. The molecular weight excluding hydrogens is 408 g/mol. The van der Waals surface area contributed by atoms with Crippen LogP contribution in [-0.2, 0) is 9.59 Å². The lowest BCUT2D eigenvalue weighted by atomic mass is 10.1. The van der Waals surface area contributed by atoms with Gasteiger partial charge in [0.15, 0.2) is 11.5 Å². The fourth-order valence-corrected chi connectivity index (χ4v) is 2.78. The Morgan fingerprint density at radius 2 is 1.03 bits per heavy atom. The van der Waals surface area contributed by atoms with Crippen molar-refractivity contribution < 1.29 is 19.1 Å². The zero-order chi connectivity index (χ0) is 23.1. The van der Waals surface area contributed by atoms with Crippen LogP contribution in [0, 0.1) is 22.7 Å². The summed E-state index contributed by atoms with van der Waals surface area (Å²) in [6.45, 7) is 2.83. The molecule has 0 aliphatic carbocycles. The van der Waals surface area contributed by atoms with E-state index in [1.54, 1.807) is 48.5 Å². The molecule has 8 heteroatoms. The van der Waals surface area contributed by atoms with Gasteiger partial charge in [-0.1, -0.05) is 0 Å². The number of rotatable bonds is 6. The van der Waals surface area contributed by atoms with Crippen molar-refractivity contribution in [3.63, 3.8) is 0 Å². The van der Waals surface area contributed by atoms with Gasteiger partial charge in [0.25, 0.3) is 0 Å². The molecule has 0 aromatic heterocycles. The maximum Gasteiger partial charge on any atom is 0.221 e. The van der Waals surface area contributed by atoms with Crippen molar-refractivity contribution in [2.75, 3.05) is 10.6 Å². The minimum absolute atomic E-state index is 0.144. The molecular formula is C24H18N4O4. The molecule has 0 saturated heterocycles. The van der Waals surface area contributed by atoms with Crippen molar-refractivity contribution in [3.8, 4) is 35.1 Å². The highest BCUT2D eigenvalue weighted by Gasteiger charge is 2.14. The Bertz CT molecular complexity index is 1140. The molecule has 0 bridgehead atoms. The number of nitrogens with zero attached hydrogens (tertiary/aromatic N) is 2. The number of hydrogen-bond donors (Lipinski definition) is 2. The summed E-state index contributed by atoms with van der Waals surface area (Å²) in [6, 6.07) is 20.1. The summed E-state index contributed by atoms with van der Waals surface area (Å²) in [6.07, 6.45) is 0. The summed E-state index contributed by atoms with van der Waals surface area (Å²) in [7, 11) is 0. The monoisotopic (exact) mass is 426 g/mol. The number of ether oxygens (including phenoxy) is 2. The summed E-state index contributed by atoms with van der Waals surface area (Å²) >= 11 is 0. The van der Waals surface area contributed by atoms with Crippen LogP contribution in [0.5, 0.6) is 23.0 Å². The summed E-state index contributed by atoms with van der Waals surface area (Å²) < 4.78 is 11.8. The maximum atomic E-state index is 11.2. The van der Waals surface area contributed by atoms with E-state index in [4.69, 9.17) is 9.47 Å². The normalized spacial score (nSPS) is 9.75. The van der Waals surface area contributed by atoms with Gasteiger partial charge in [-0.3, -0.25) is 9.59 Å². The summed E-state index contributed by atoms with van der Waals surface area (Å²) in [5.41, 5.74) is 1.51. The standard InChI is InChI=1S/C24H18N4O4/c1-15(29)27-19-3-7-21(8-4-19)31-23-11-17(13-25)18(14-26)12-24(23)32-22-9-5-20(6-10-22)28-16(2)30/h3-12H,1-2H3,(H,27,29)(H,28,30). The van der Waals surface area contributed by atoms with Gasteiger partial charge in [-0.15, -0.1) is 0 Å². The lowest BCUT2D eigenvalue weighted by molar-refractivity contribution is -0.115. The Morgan fingerprint density at radius 1 is 0.688 bits per heavy atom. The van der Waals surface area contributed by atoms with Gasteiger partial charge < -0.3 is 20.1 Å². The number of amides is 2. The third-order valence-corrected chi connectivity index (χ3v) is 4.13. The topological polar surface area (TPSA) is 124 Å². The van der Waals surface area contributed by atoms with Crippen LogP contribution >= 0.6 is 0 Å². The van der Waals surface area contributed by atoms with E-state index < -0.39 is 0 Å². The van der Waals surface area contributed by atoms with Crippen LogP contribution in [0.4, 0.5) is 11.4 Å². The molecule has 3 aromatic rings. The summed E-state index contributed by atoms with van der Waals surface area (Å²) in [5.74, 6) is 0.976. The predicted octanol–water partition coefficient (Wildman–Crippen LogP) is 4.93. The molecule has 3 rings (SSSR count). The highest BCUT2D eigenvalue weighted by molar-refractivity contribution is 5.89. The quantitative estimate of drug-likeness (QED) is 0.576. The number of carbonyl (C=O) groups is 2. The fourth-order valence-electron chi connectivity index (χ4n) is 2.78. The van der Waals surface area contributed by atoms with Gasteiger partial charge >= 0.3 is 0 Å². The zero-order valence-corrected chi connectivity index (χ0v) is 17.3. The first kappa shape index (κ1) is 21.9. The molecule has 2 amide bonds. The molecule has 2 N–H and O–H groups in total. The molecule has 0 aliphatic rings. The third-order valence-electron chi connectivity index (χ3n) is 4.13. The SMILES string of the molecule is CC(=O)Nc1ccc(Oc2cc(C#N)c(C#N)cc2Oc2ccc(NC(C)=O)cc2)cc1. The molecule has 158 valence electrons. The van der Waals surface area contributed by atoms with Crippen LogP contribution in [0.25, 0.3) is 0 Å². The van der Waals surface area contributed by atoms with Gasteiger partial charge in [-0.25, -0.2) is 0 Å². The van der Waals surface area contributed by atoms with Gasteiger partial charge in [0.05, 0.1) is 11.1 Å². The van der Waals surface area contributed by atoms with Gasteiger partial charge in [-0.05, 0) is 48.5 Å². The van der Waals surface area contributed by atoms with Gasteiger partial charge in [0.1, 0.15) is 23.6 Å². The van der Waals surface area contributed by atoms with Gasteiger partial charge in [-0.2, -0.15) is 10.5 Å². The van der Waals surface area contributed by atoms with Crippen LogP contribution in [0.2, 0.25) is 0 Å². The Morgan fingerprint density at radius 3 is 1.31 bits per heavy atom. The Balaban J connectivity index is 1.91. The smallest absolute Gasteiger partial charge is 0.221 e. The highest BCUT2D eigenvalue weighted by Crippen LogP contribution is 2.37. The van der Waals surface area contributed by atoms with Gasteiger partial charge in [0, 0.05) is 37.4 Å². The van der Waals surface area contributed by atoms with E-state index in [1.165, 1.54) is 26.0 Å². The summed E-state index contributed by atoms with van der Waals surface area (Å²) in [5, 5.41) is 24.1. The van der Waals surface area contributed by atoms with Crippen molar-refractivity contribution in [1.82, 2.24) is 0 Å². The second-order valence-electron chi connectivity index (χ2n) is 6.68. The van der Waals surface area contributed by atoms with Crippen LogP contribution in [0.3, 0.4) is 0 Å². The molecule has 0 atom stereocenters. The minimum Gasteiger partial charge on any atom is -0.453 e. The maximum absolute atomic E-state index is 11.2. The van der Waals surface area contributed by atoms with E-state index in [2.05, 4.69) is 10.6 Å². The van der Waals surface area contributed by atoms with E-state index in [0.717, 1.165) is 0 Å². The molecule has 0 radical (unpaired) electrons. The molecule has 0 saturated carbocycles. The predicted molar refractivity (Wildman–Crippen MR) is 118 cm³/mol. The molecule has 0 fully saturated rings. The van der Waals surface area contributed by atoms with E-state index in [0.29, 0.717) is 22.9 Å². The average Bonchev–Trinajstić information content (AvgIpc) is 2.76. The number of benzene rings is 3. The van der Waals surface area contributed by atoms with Crippen LogP contribution in [0.15, 0.2) is 60.7 Å². The Labute approximate surface area is 184 Å². The number of carbonyl (C=O) groups excluding carboxylic acids is 2. The zero-order valence-electron chi connectivity index (χ0n) is 17.3. The van der Waals surface area contributed by atoms with E-state index in [9.17, 15) is 20.1 Å². The molecule has 0 spiro atoms. The van der Waals surface area contributed by atoms with Crippen LogP contribution in [-0.4, -0.2) is 11.8 Å². The van der Waals surface area contributed by atoms with Crippen molar-refractivity contribution in [3.05, 3.63) is 71.8 Å².